The quantitative estimate of drug-likeness (QED) is 0.719. The van der Waals surface area contributed by atoms with Crippen LogP contribution >= 0.6 is 12.2 Å². The average molecular weight is 348 g/mol. The van der Waals surface area contributed by atoms with E-state index in [0.717, 1.165) is 28.4 Å². The van der Waals surface area contributed by atoms with Crippen LogP contribution < -0.4 is 14.2 Å². The van der Waals surface area contributed by atoms with Crippen molar-refractivity contribution >= 4 is 17.8 Å². The van der Waals surface area contributed by atoms with Crippen molar-refractivity contribution in [3.05, 3.63) is 53.1 Å². The van der Waals surface area contributed by atoms with Gasteiger partial charge in [-0.15, -0.1) is 0 Å². The Morgan fingerprint density at radius 3 is 2.00 bits per heavy atom. The summed E-state index contributed by atoms with van der Waals surface area (Å²) in [5, 5.41) is 0. The largest absolute Gasteiger partial charge is 0.496 e. The molecule has 0 heterocycles. The van der Waals surface area contributed by atoms with Crippen LogP contribution in [0.1, 0.15) is 16.7 Å². The number of thiocarbonyl (C=S) groups is 1. The molecule has 2 rings (SSSR count). The molecule has 0 fully saturated rings. The van der Waals surface area contributed by atoms with Gasteiger partial charge in [-0.3, -0.25) is 0 Å². The molecule has 130 valence electrons. The van der Waals surface area contributed by atoms with Crippen LogP contribution in [0.2, 0.25) is 0 Å². The molecule has 0 aliphatic rings. The zero-order valence-corrected chi connectivity index (χ0v) is 15.6. The van der Waals surface area contributed by atoms with Crippen LogP contribution in [0.4, 0.5) is 0 Å². The summed E-state index contributed by atoms with van der Waals surface area (Å²) in [5.74, 6) is 2.43. The zero-order chi connectivity index (χ0) is 17.9. The van der Waals surface area contributed by atoms with Crippen LogP contribution in [0.5, 0.6) is 17.2 Å². The van der Waals surface area contributed by atoms with Gasteiger partial charge in [-0.05, 0) is 55.4 Å². The normalized spacial score (nSPS) is 9.38. The lowest BCUT2D eigenvalue weighted by Crippen LogP contribution is -2.02. The topological polar surface area (TPSA) is 36.9 Å². The summed E-state index contributed by atoms with van der Waals surface area (Å²) in [4.78, 5) is 0. The highest BCUT2D eigenvalue weighted by atomic mass is 32.1. The van der Waals surface area contributed by atoms with Gasteiger partial charge in [-0.25, -0.2) is 0 Å². The Hall–Kier alpha value is -2.27. The van der Waals surface area contributed by atoms with Crippen molar-refractivity contribution in [2.45, 2.75) is 20.5 Å². The third-order valence-electron chi connectivity index (χ3n) is 3.34. The van der Waals surface area contributed by atoms with Crippen molar-refractivity contribution in [1.82, 2.24) is 0 Å². The molecule has 24 heavy (non-hydrogen) atoms. The molecule has 0 spiro atoms. The number of benzene rings is 2. The summed E-state index contributed by atoms with van der Waals surface area (Å²) in [7, 11) is 4.82. The highest BCUT2D eigenvalue weighted by Gasteiger charge is 2.11. The summed E-state index contributed by atoms with van der Waals surface area (Å²) in [6.45, 7) is 4.50. The van der Waals surface area contributed by atoms with E-state index in [2.05, 4.69) is 36.0 Å². The molecule has 2 aromatic carbocycles. The van der Waals surface area contributed by atoms with Gasteiger partial charge in [0.1, 0.15) is 29.4 Å². The lowest BCUT2D eigenvalue weighted by atomic mass is 10.1. The molecular weight excluding hydrogens is 324 g/mol. The molecule has 4 nitrogen and oxygen atoms in total. The summed E-state index contributed by atoms with van der Waals surface area (Å²) in [6, 6.07) is 11.9. The maximum absolute atomic E-state index is 5.93. The number of ether oxygens (including phenoxy) is 4. The number of hydrogen-bond donors (Lipinski definition) is 0. The Labute approximate surface area is 149 Å². The minimum Gasteiger partial charge on any atom is -0.496 e. The highest BCUT2D eigenvalue weighted by Crippen LogP contribution is 2.30. The first-order chi connectivity index (χ1) is 11.6. The molecule has 0 amide bonds. The van der Waals surface area contributed by atoms with Gasteiger partial charge in [0.05, 0.1) is 26.9 Å². The Bertz CT molecular complexity index is 634. The fraction of sp³-hybridized carbons (Fsp3) is 0.316. The van der Waals surface area contributed by atoms with Crippen molar-refractivity contribution in [2.24, 2.45) is 0 Å². The molecule has 0 aliphatic carbocycles. The van der Waals surface area contributed by atoms with E-state index in [1.54, 1.807) is 14.2 Å². The van der Waals surface area contributed by atoms with E-state index in [-0.39, 0.29) is 0 Å². The van der Waals surface area contributed by atoms with E-state index in [1.807, 2.05) is 31.2 Å². The van der Waals surface area contributed by atoms with Crippen LogP contribution in [0.25, 0.3) is 0 Å². The molecular formula is C19H24O4S. The van der Waals surface area contributed by atoms with Gasteiger partial charge in [0, 0.05) is 0 Å². The Balaban J connectivity index is 0.000000648. The molecule has 2 aromatic rings. The van der Waals surface area contributed by atoms with Crippen LogP contribution in [-0.2, 0) is 11.3 Å². The van der Waals surface area contributed by atoms with Crippen molar-refractivity contribution < 1.29 is 18.9 Å². The van der Waals surface area contributed by atoms with Crippen molar-refractivity contribution in [2.75, 3.05) is 21.3 Å². The molecule has 0 aliphatic heterocycles. The maximum atomic E-state index is 5.93. The van der Waals surface area contributed by atoms with Gasteiger partial charge in [-0.1, -0.05) is 18.2 Å². The minimum atomic E-state index is 0.414. The van der Waals surface area contributed by atoms with Crippen LogP contribution in [0.3, 0.4) is 0 Å². The lowest BCUT2D eigenvalue weighted by Gasteiger charge is -2.15. The van der Waals surface area contributed by atoms with Gasteiger partial charge < -0.3 is 18.9 Å². The van der Waals surface area contributed by atoms with E-state index in [4.69, 9.17) is 14.2 Å². The van der Waals surface area contributed by atoms with Gasteiger partial charge in [0.25, 0.3) is 0 Å². The molecule has 0 bridgehead atoms. The molecule has 0 saturated carbocycles. The summed E-state index contributed by atoms with van der Waals surface area (Å²) < 4.78 is 20.9. The van der Waals surface area contributed by atoms with Crippen molar-refractivity contribution in [3.63, 3.8) is 0 Å². The van der Waals surface area contributed by atoms with Gasteiger partial charge in [0.15, 0.2) is 0 Å². The molecule has 0 unspecified atom stereocenters. The van der Waals surface area contributed by atoms with Gasteiger partial charge in [0.2, 0.25) is 0 Å². The molecule has 0 radical (unpaired) electrons. The van der Waals surface area contributed by atoms with Gasteiger partial charge >= 0.3 is 0 Å². The second-order valence-electron chi connectivity index (χ2n) is 5.03. The van der Waals surface area contributed by atoms with Crippen molar-refractivity contribution in [1.29, 1.82) is 0 Å². The fourth-order valence-corrected chi connectivity index (χ4v) is 2.08. The fourth-order valence-electron chi connectivity index (χ4n) is 2.08. The van der Waals surface area contributed by atoms with E-state index < -0.39 is 0 Å². The molecule has 0 aromatic heterocycles. The van der Waals surface area contributed by atoms with Crippen molar-refractivity contribution in [3.8, 4) is 17.2 Å². The molecule has 0 N–H and O–H groups in total. The summed E-state index contributed by atoms with van der Waals surface area (Å²) in [5.41, 5.74) is 4.42. The average Bonchev–Trinajstić information content (AvgIpc) is 2.62. The lowest BCUT2D eigenvalue weighted by molar-refractivity contribution is 0.284. The summed E-state index contributed by atoms with van der Waals surface area (Å²) in [6.07, 6.45) is 0. The third-order valence-corrected chi connectivity index (χ3v) is 3.53. The number of rotatable bonds is 6. The zero-order valence-electron chi connectivity index (χ0n) is 14.8. The van der Waals surface area contributed by atoms with E-state index in [0.29, 0.717) is 6.61 Å². The monoisotopic (exact) mass is 348 g/mol. The number of aryl methyl sites for hydroxylation is 2. The highest BCUT2D eigenvalue weighted by molar-refractivity contribution is 7.78. The SMILES string of the molecule is COC=S.COc1cccc(OC)c1COc1cc(C)ccc1C. The molecule has 5 heteroatoms. The first kappa shape index (κ1) is 19.8. The van der Waals surface area contributed by atoms with Crippen LogP contribution in [-0.4, -0.2) is 26.9 Å². The first-order valence-electron chi connectivity index (χ1n) is 7.43. The second kappa shape index (κ2) is 10.5. The third kappa shape index (κ3) is 5.74. The standard InChI is InChI=1S/C17H20O3.C2H4OS/c1-12-8-9-13(2)17(10-12)20-11-14-15(18-3)6-5-7-16(14)19-4;1-3-2-4/h5-10H,11H2,1-4H3;2H,1H3. The van der Waals surface area contributed by atoms with Gasteiger partial charge in [-0.2, -0.15) is 0 Å². The van der Waals surface area contributed by atoms with E-state index >= 15 is 0 Å². The number of hydrogen-bond acceptors (Lipinski definition) is 5. The Kier molecular flexibility index (Phi) is 8.65. The molecule has 0 atom stereocenters. The maximum Gasteiger partial charge on any atom is 0.145 e. The Morgan fingerprint density at radius 1 is 0.917 bits per heavy atom. The van der Waals surface area contributed by atoms with E-state index in [9.17, 15) is 0 Å². The smallest absolute Gasteiger partial charge is 0.145 e. The first-order valence-corrected chi connectivity index (χ1v) is 7.90. The predicted molar refractivity (Wildman–Crippen MR) is 100 cm³/mol. The Morgan fingerprint density at radius 2 is 1.50 bits per heavy atom. The van der Waals surface area contributed by atoms with E-state index in [1.165, 1.54) is 18.2 Å². The van der Waals surface area contributed by atoms with Crippen LogP contribution in [0, 0.1) is 13.8 Å². The molecule has 0 saturated heterocycles. The predicted octanol–water partition coefficient (Wildman–Crippen LogP) is 4.49. The second-order valence-corrected chi connectivity index (χ2v) is 5.22. The summed E-state index contributed by atoms with van der Waals surface area (Å²) >= 11 is 4.21. The number of methoxy groups -OCH3 is 3. The minimum absolute atomic E-state index is 0.414. The van der Waals surface area contributed by atoms with Crippen LogP contribution in [0.15, 0.2) is 36.4 Å².